The molecule has 104 valence electrons. The van der Waals surface area contributed by atoms with Crippen molar-refractivity contribution in [1.82, 2.24) is 5.43 Å². The van der Waals surface area contributed by atoms with Crippen molar-refractivity contribution in [3.63, 3.8) is 0 Å². The lowest BCUT2D eigenvalue weighted by atomic mass is 9.81. The molecule has 0 saturated carbocycles. The maximum atomic E-state index is 5.87. The SMILES string of the molecule is NNC(C1CCCOC1)C1COc2ccccc2C1. The van der Waals surface area contributed by atoms with Crippen molar-refractivity contribution in [2.24, 2.45) is 17.7 Å². The van der Waals surface area contributed by atoms with Crippen LogP contribution in [0, 0.1) is 11.8 Å². The van der Waals surface area contributed by atoms with Crippen LogP contribution in [0.2, 0.25) is 0 Å². The van der Waals surface area contributed by atoms with E-state index in [4.69, 9.17) is 15.3 Å². The Balaban J connectivity index is 1.71. The van der Waals surface area contributed by atoms with Gasteiger partial charge in [-0.05, 0) is 36.8 Å². The minimum absolute atomic E-state index is 0.272. The van der Waals surface area contributed by atoms with Crippen LogP contribution in [-0.4, -0.2) is 25.9 Å². The average molecular weight is 262 g/mol. The smallest absolute Gasteiger partial charge is 0.122 e. The van der Waals surface area contributed by atoms with Gasteiger partial charge in [-0.3, -0.25) is 11.3 Å². The molecule has 4 heteroatoms. The van der Waals surface area contributed by atoms with Crippen LogP contribution in [0.5, 0.6) is 5.75 Å². The molecule has 3 N–H and O–H groups in total. The van der Waals surface area contributed by atoms with Crippen LogP contribution in [0.25, 0.3) is 0 Å². The van der Waals surface area contributed by atoms with E-state index >= 15 is 0 Å². The highest BCUT2D eigenvalue weighted by Crippen LogP contribution is 2.31. The van der Waals surface area contributed by atoms with Gasteiger partial charge in [0.1, 0.15) is 5.75 Å². The summed E-state index contributed by atoms with van der Waals surface area (Å²) in [6.07, 6.45) is 3.35. The first kappa shape index (κ1) is 12.9. The largest absolute Gasteiger partial charge is 0.493 e. The number of hydrazine groups is 1. The lowest BCUT2D eigenvalue weighted by Gasteiger charge is -2.37. The zero-order valence-electron chi connectivity index (χ0n) is 11.2. The molecule has 19 heavy (non-hydrogen) atoms. The number of ether oxygens (including phenoxy) is 2. The van der Waals surface area contributed by atoms with Crippen LogP contribution >= 0.6 is 0 Å². The molecule has 0 aromatic heterocycles. The van der Waals surface area contributed by atoms with Crippen LogP contribution in [0.4, 0.5) is 0 Å². The Kier molecular flexibility index (Phi) is 4.01. The number of para-hydroxylation sites is 1. The normalized spacial score (nSPS) is 28.3. The van der Waals surface area contributed by atoms with Gasteiger partial charge in [0.25, 0.3) is 0 Å². The fourth-order valence-corrected chi connectivity index (χ4v) is 3.29. The number of hydrogen-bond donors (Lipinski definition) is 2. The first-order valence-corrected chi connectivity index (χ1v) is 7.13. The van der Waals surface area contributed by atoms with Gasteiger partial charge >= 0.3 is 0 Å². The fourth-order valence-electron chi connectivity index (χ4n) is 3.29. The Bertz CT molecular complexity index is 418. The molecule has 0 amide bonds. The maximum Gasteiger partial charge on any atom is 0.122 e. The van der Waals surface area contributed by atoms with Crippen molar-refractivity contribution in [2.75, 3.05) is 19.8 Å². The van der Waals surface area contributed by atoms with Gasteiger partial charge in [-0.1, -0.05) is 18.2 Å². The molecule has 0 spiro atoms. The minimum atomic E-state index is 0.272. The quantitative estimate of drug-likeness (QED) is 0.640. The van der Waals surface area contributed by atoms with E-state index in [0.717, 1.165) is 38.4 Å². The minimum Gasteiger partial charge on any atom is -0.493 e. The molecule has 4 nitrogen and oxygen atoms in total. The van der Waals surface area contributed by atoms with Crippen LogP contribution in [0.3, 0.4) is 0 Å². The zero-order chi connectivity index (χ0) is 13.1. The highest BCUT2D eigenvalue weighted by Gasteiger charge is 2.33. The summed E-state index contributed by atoms with van der Waals surface area (Å²) in [5.74, 6) is 7.74. The average Bonchev–Trinajstić information content (AvgIpc) is 2.49. The van der Waals surface area contributed by atoms with E-state index < -0.39 is 0 Å². The summed E-state index contributed by atoms with van der Waals surface area (Å²) in [6, 6.07) is 8.55. The second kappa shape index (κ2) is 5.90. The molecular weight excluding hydrogens is 240 g/mol. The van der Waals surface area contributed by atoms with E-state index in [1.807, 2.05) is 12.1 Å². The van der Waals surface area contributed by atoms with Crippen LogP contribution in [0.1, 0.15) is 18.4 Å². The summed E-state index contributed by atoms with van der Waals surface area (Å²) < 4.78 is 11.5. The lowest BCUT2D eigenvalue weighted by molar-refractivity contribution is 0.0209. The van der Waals surface area contributed by atoms with E-state index in [9.17, 15) is 0 Å². The predicted octanol–water partition coefficient (Wildman–Crippen LogP) is 1.50. The molecule has 3 rings (SSSR count). The standard InChI is InChI=1S/C15H22N2O2/c16-17-15(12-5-3-7-18-9-12)13-8-11-4-1-2-6-14(11)19-10-13/h1-2,4,6,12-13,15,17H,3,5,7-10,16H2. The Morgan fingerprint density at radius 2 is 2.11 bits per heavy atom. The molecule has 1 fully saturated rings. The highest BCUT2D eigenvalue weighted by molar-refractivity contribution is 5.35. The second-order valence-corrected chi connectivity index (χ2v) is 5.55. The summed E-state index contributed by atoms with van der Waals surface area (Å²) in [7, 11) is 0. The van der Waals surface area contributed by atoms with Crippen molar-refractivity contribution in [2.45, 2.75) is 25.3 Å². The van der Waals surface area contributed by atoms with Crippen molar-refractivity contribution in [1.29, 1.82) is 0 Å². The van der Waals surface area contributed by atoms with Crippen LogP contribution in [0.15, 0.2) is 24.3 Å². The van der Waals surface area contributed by atoms with Crippen LogP contribution in [-0.2, 0) is 11.2 Å². The Labute approximate surface area is 114 Å². The third kappa shape index (κ3) is 2.76. The fraction of sp³-hybridized carbons (Fsp3) is 0.600. The van der Waals surface area contributed by atoms with Crippen molar-refractivity contribution in [3.8, 4) is 5.75 Å². The van der Waals surface area contributed by atoms with E-state index in [-0.39, 0.29) is 6.04 Å². The topological polar surface area (TPSA) is 56.5 Å². The first-order chi connectivity index (χ1) is 9.38. The Morgan fingerprint density at radius 1 is 1.21 bits per heavy atom. The number of nitrogens with two attached hydrogens (primary N) is 1. The number of fused-ring (bicyclic) bond motifs is 1. The van der Waals surface area contributed by atoms with Gasteiger partial charge in [-0.15, -0.1) is 0 Å². The van der Waals surface area contributed by atoms with Gasteiger partial charge in [0.05, 0.1) is 13.2 Å². The summed E-state index contributed by atoms with van der Waals surface area (Å²) in [6.45, 7) is 2.44. The summed E-state index contributed by atoms with van der Waals surface area (Å²) in [5.41, 5.74) is 4.30. The number of hydrogen-bond acceptors (Lipinski definition) is 4. The molecule has 0 bridgehead atoms. The van der Waals surface area contributed by atoms with Crippen LogP contribution < -0.4 is 16.0 Å². The van der Waals surface area contributed by atoms with Gasteiger partial charge in [-0.25, -0.2) is 0 Å². The van der Waals surface area contributed by atoms with Gasteiger partial charge < -0.3 is 9.47 Å². The van der Waals surface area contributed by atoms with Crippen molar-refractivity contribution in [3.05, 3.63) is 29.8 Å². The van der Waals surface area contributed by atoms with E-state index in [1.165, 1.54) is 12.0 Å². The molecule has 1 saturated heterocycles. The number of rotatable bonds is 3. The summed E-state index contributed by atoms with van der Waals surface area (Å²) >= 11 is 0. The first-order valence-electron chi connectivity index (χ1n) is 7.13. The third-order valence-corrected chi connectivity index (χ3v) is 4.31. The highest BCUT2D eigenvalue weighted by atomic mass is 16.5. The molecule has 0 radical (unpaired) electrons. The van der Waals surface area contributed by atoms with Gasteiger partial charge in [0.2, 0.25) is 0 Å². The monoisotopic (exact) mass is 262 g/mol. The maximum absolute atomic E-state index is 5.87. The Hall–Kier alpha value is -1.10. The molecule has 1 aromatic rings. The molecule has 2 aliphatic rings. The predicted molar refractivity (Wildman–Crippen MR) is 73.8 cm³/mol. The Morgan fingerprint density at radius 3 is 2.89 bits per heavy atom. The molecule has 2 aliphatic heterocycles. The number of nitrogens with one attached hydrogen (secondary N) is 1. The molecule has 3 unspecified atom stereocenters. The van der Waals surface area contributed by atoms with E-state index in [0.29, 0.717) is 11.8 Å². The lowest BCUT2D eigenvalue weighted by Crippen LogP contribution is -2.51. The third-order valence-electron chi connectivity index (χ3n) is 4.31. The molecular formula is C15H22N2O2. The molecule has 1 aromatic carbocycles. The molecule has 0 aliphatic carbocycles. The van der Waals surface area contributed by atoms with Gasteiger partial charge in [-0.2, -0.15) is 0 Å². The summed E-state index contributed by atoms with van der Waals surface area (Å²) in [4.78, 5) is 0. The second-order valence-electron chi connectivity index (χ2n) is 5.55. The van der Waals surface area contributed by atoms with E-state index in [1.54, 1.807) is 0 Å². The van der Waals surface area contributed by atoms with E-state index in [2.05, 4.69) is 17.6 Å². The summed E-state index contributed by atoms with van der Waals surface area (Å²) in [5, 5.41) is 0. The van der Waals surface area contributed by atoms with Crippen molar-refractivity contribution >= 4 is 0 Å². The number of benzene rings is 1. The molecule has 3 atom stereocenters. The van der Waals surface area contributed by atoms with Gasteiger partial charge in [0, 0.05) is 18.6 Å². The zero-order valence-corrected chi connectivity index (χ0v) is 11.2. The van der Waals surface area contributed by atoms with Crippen molar-refractivity contribution < 1.29 is 9.47 Å². The molecule has 2 heterocycles. The van der Waals surface area contributed by atoms with Gasteiger partial charge in [0.15, 0.2) is 0 Å².